The summed E-state index contributed by atoms with van der Waals surface area (Å²) >= 11 is 0. The minimum atomic E-state index is -0.748. The second kappa shape index (κ2) is 4.14. The smallest absolute Gasteiger partial charge is 0.253 e. The van der Waals surface area contributed by atoms with Gasteiger partial charge in [-0.1, -0.05) is 6.07 Å². The van der Waals surface area contributed by atoms with E-state index < -0.39 is 22.7 Å². The summed E-state index contributed by atoms with van der Waals surface area (Å²) in [5.74, 6) is -0.834. The maximum atomic E-state index is 13.5. The SMILES string of the molecule is CC(Nc1c(N)c(=O)c1=O)c1c(O)cccc1F. The van der Waals surface area contributed by atoms with Crippen LogP contribution in [0, 0.1) is 5.82 Å². The number of benzene rings is 1. The molecule has 1 atom stereocenters. The number of phenols is 1. The van der Waals surface area contributed by atoms with E-state index >= 15 is 0 Å². The first-order valence-electron chi connectivity index (χ1n) is 5.26. The standard InChI is InChI=1S/C12H11FN2O3/c1-5(8-6(13)3-2-4-7(8)16)15-10-9(14)11(17)12(10)18/h2-5,15-16H,14H2,1H3. The van der Waals surface area contributed by atoms with Crippen molar-refractivity contribution >= 4 is 11.4 Å². The molecule has 0 saturated carbocycles. The van der Waals surface area contributed by atoms with Gasteiger partial charge in [0.2, 0.25) is 0 Å². The first-order valence-corrected chi connectivity index (χ1v) is 5.26. The molecule has 0 aliphatic heterocycles. The summed E-state index contributed by atoms with van der Waals surface area (Å²) in [6.07, 6.45) is 0. The number of halogens is 1. The van der Waals surface area contributed by atoms with Crippen LogP contribution < -0.4 is 21.9 Å². The molecule has 0 bridgehead atoms. The maximum absolute atomic E-state index is 13.5. The van der Waals surface area contributed by atoms with Gasteiger partial charge >= 0.3 is 0 Å². The summed E-state index contributed by atoms with van der Waals surface area (Å²) in [5.41, 5.74) is 3.70. The molecular formula is C12H11FN2O3. The summed E-state index contributed by atoms with van der Waals surface area (Å²) in [7, 11) is 0. The van der Waals surface area contributed by atoms with Gasteiger partial charge in [0, 0.05) is 0 Å². The van der Waals surface area contributed by atoms with Crippen LogP contribution in [0.3, 0.4) is 0 Å². The molecule has 0 aromatic heterocycles. The molecule has 0 aliphatic carbocycles. The topological polar surface area (TPSA) is 92.4 Å². The highest BCUT2D eigenvalue weighted by Gasteiger charge is 2.22. The van der Waals surface area contributed by atoms with Gasteiger partial charge in [-0.05, 0) is 19.1 Å². The van der Waals surface area contributed by atoms with Crippen molar-refractivity contribution in [1.82, 2.24) is 0 Å². The molecule has 0 aliphatic rings. The minimum absolute atomic E-state index is 0.0185. The van der Waals surface area contributed by atoms with Crippen LogP contribution in [-0.4, -0.2) is 5.11 Å². The Hall–Kier alpha value is -2.37. The molecule has 0 heterocycles. The number of nitrogens with one attached hydrogen (secondary N) is 1. The van der Waals surface area contributed by atoms with Crippen LogP contribution >= 0.6 is 0 Å². The Labute approximate surface area is 101 Å². The molecule has 0 radical (unpaired) electrons. The lowest BCUT2D eigenvalue weighted by molar-refractivity contribution is 0.454. The van der Waals surface area contributed by atoms with E-state index in [1.54, 1.807) is 6.92 Å². The largest absolute Gasteiger partial charge is 0.507 e. The normalized spacial score (nSPS) is 12.6. The molecular weight excluding hydrogens is 239 g/mol. The third kappa shape index (κ3) is 1.71. The highest BCUT2D eigenvalue weighted by molar-refractivity contribution is 5.71. The van der Waals surface area contributed by atoms with Crippen molar-refractivity contribution in [3.8, 4) is 5.75 Å². The van der Waals surface area contributed by atoms with Crippen LogP contribution in [0.5, 0.6) is 5.75 Å². The predicted molar refractivity (Wildman–Crippen MR) is 65.9 cm³/mol. The van der Waals surface area contributed by atoms with Gasteiger partial charge in [0.05, 0.1) is 11.6 Å². The first-order chi connectivity index (χ1) is 8.43. The Balaban J connectivity index is 2.32. The van der Waals surface area contributed by atoms with Gasteiger partial charge in [-0.3, -0.25) is 9.59 Å². The average Bonchev–Trinajstić information content (AvgIpc) is 2.34. The Morgan fingerprint density at radius 2 is 2.00 bits per heavy atom. The summed E-state index contributed by atoms with van der Waals surface area (Å²) in [6.45, 7) is 1.55. The third-order valence-corrected chi connectivity index (χ3v) is 2.77. The van der Waals surface area contributed by atoms with Gasteiger partial charge < -0.3 is 16.2 Å². The van der Waals surface area contributed by atoms with E-state index in [2.05, 4.69) is 5.32 Å². The van der Waals surface area contributed by atoms with Crippen LogP contribution in [0.1, 0.15) is 18.5 Å². The monoisotopic (exact) mass is 250 g/mol. The molecule has 4 N–H and O–H groups in total. The van der Waals surface area contributed by atoms with Crippen molar-refractivity contribution < 1.29 is 9.50 Å². The van der Waals surface area contributed by atoms with Crippen LogP contribution in [0.25, 0.3) is 0 Å². The zero-order valence-corrected chi connectivity index (χ0v) is 9.53. The lowest BCUT2D eigenvalue weighted by Crippen LogP contribution is -2.37. The number of nitrogen functional groups attached to an aromatic ring is 1. The second-order valence-electron chi connectivity index (χ2n) is 3.99. The van der Waals surface area contributed by atoms with Crippen molar-refractivity contribution in [3.05, 3.63) is 50.0 Å². The predicted octanol–water partition coefficient (Wildman–Crippen LogP) is 0.883. The molecule has 2 aromatic carbocycles. The molecule has 2 rings (SSSR count). The Morgan fingerprint density at radius 1 is 1.33 bits per heavy atom. The molecule has 6 heteroatoms. The Kier molecular flexibility index (Phi) is 2.78. The van der Waals surface area contributed by atoms with Gasteiger partial charge in [0.15, 0.2) is 0 Å². The molecule has 94 valence electrons. The van der Waals surface area contributed by atoms with E-state index in [4.69, 9.17) is 5.73 Å². The lowest BCUT2D eigenvalue weighted by Gasteiger charge is -2.18. The lowest BCUT2D eigenvalue weighted by atomic mass is 10.1. The van der Waals surface area contributed by atoms with Crippen molar-refractivity contribution in [2.75, 3.05) is 11.1 Å². The van der Waals surface area contributed by atoms with Crippen LogP contribution in [-0.2, 0) is 0 Å². The fourth-order valence-electron chi connectivity index (χ4n) is 1.80. The molecule has 0 saturated heterocycles. The van der Waals surface area contributed by atoms with Crippen molar-refractivity contribution in [1.29, 1.82) is 0 Å². The van der Waals surface area contributed by atoms with Crippen molar-refractivity contribution in [2.45, 2.75) is 13.0 Å². The molecule has 2 aromatic rings. The highest BCUT2D eigenvalue weighted by atomic mass is 19.1. The van der Waals surface area contributed by atoms with Gasteiger partial charge in [-0.15, -0.1) is 0 Å². The summed E-state index contributed by atoms with van der Waals surface area (Å²) < 4.78 is 13.5. The number of aromatic hydroxyl groups is 1. The number of hydrogen-bond donors (Lipinski definition) is 3. The number of rotatable bonds is 3. The van der Waals surface area contributed by atoms with E-state index in [1.807, 2.05) is 0 Å². The molecule has 0 spiro atoms. The number of anilines is 2. The Bertz CT molecular complexity index is 654. The van der Waals surface area contributed by atoms with E-state index in [-0.39, 0.29) is 22.7 Å². The van der Waals surface area contributed by atoms with Gasteiger partial charge in [0.1, 0.15) is 22.9 Å². The molecule has 0 amide bonds. The number of hydrogen-bond acceptors (Lipinski definition) is 5. The van der Waals surface area contributed by atoms with Crippen molar-refractivity contribution in [2.24, 2.45) is 0 Å². The number of phenolic OH excluding ortho intramolecular Hbond substituents is 1. The third-order valence-electron chi connectivity index (χ3n) is 2.77. The zero-order valence-electron chi connectivity index (χ0n) is 9.53. The zero-order chi connectivity index (χ0) is 13.4. The quantitative estimate of drug-likeness (QED) is 0.703. The van der Waals surface area contributed by atoms with E-state index in [1.165, 1.54) is 18.2 Å². The molecule has 1 unspecified atom stereocenters. The highest BCUT2D eigenvalue weighted by Crippen LogP contribution is 2.29. The van der Waals surface area contributed by atoms with Gasteiger partial charge in [0.25, 0.3) is 10.9 Å². The number of nitrogens with two attached hydrogens (primary N) is 1. The molecule has 18 heavy (non-hydrogen) atoms. The average molecular weight is 250 g/mol. The molecule has 5 nitrogen and oxygen atoms in total. The van der Waals surface area contributed by atoms with E-state index in [0.717, 1.165) is 0 Å². The fraction of sp³-hybridized carbons (Fsp3) is 0.167. The first kappa shape index (κ1) is 12.1. The van der Waals surface area contributed by atoms with Crippen LogP contribution in [0.4, 0.5) is 15.8 Å². The van der Waals surface area contributed by atoms with Gasteiger partial charge in [-0.2, -0.15) is 0 Å². The van der Waals surface area contributed by atoms with Gasteiger partial charge in [-0.25, -0.2) is 4.39 Å². The van der Waals surface area contributed by atoms with Crippen LogP contribution in [0.2, 0.25) is 0 Å². The fourth-order valence-corrected chi connectivity index (χ4v) is 1.80. The Morgan fingerprint density at radius 3 is 2.56 bits per heavy atom. The van der Waals surface area contributed by atoms with Crippen molar-refractivity contribution in [3.63, 3.8) is 0 Å². The van der Waals surface area contributed by atoms with Crippen LogP contribution in [0.15, 0.2) is 27.8 Å². The molecule has 0 fully saturated rings. The summed E-state index contributed by atoms with van der Waals surface area (Å²) in [6, 6.07) is 3.21. The summed E-state index contributed by atoms with van der Waals surface area (Å²) in [4.78, 5) is 22.1. The minimum Gasteiger partial charge on any atom is -0.507 e. The van der Waals surface area contributed by atoms with E-state index in [0.29, 0.717) is 0 Å². The maximum Gasteiger partial charge on any atom is 0.253 e. The second-order valence-corrected chi connectivity index (χ2v) is 3.99. The van der Waals surface area contributed by atoms with E-state index in [9.17, 15) is 19.1 Å². The summed E-state index contributed by atoms with van der Waals surface area (Å²) in [5, 5.41) is 12.2.